The number of hydrogen-bond acceptors (Lipinski definition) is 3. The molecule has 0 saturated carbocycles. The fourth-order valence-electron chi connectivity index (χ4n) is 1.87. The van der Waals surface area contributed by atoms with E-state index in [0.29, 0.717) is 22.1 Å². The molecule has 21 heavy (non-hydrogen) atoms. The largest absolute Gasteiger partial charge is 0.324 e. The summed E-state index contributed by atoms with van der Waals surface area (Å²) in [7, 11) is 0. The molecule has 106 valence electrons. The van der Waals surface area contributed by atoms with Crippen molar-refractivity contribution in [3.05, 3.63) is 64.1 Å². The predicted octanol–water partition coefficient (Wildman–Crippen LogP) is 2.83. The minimum atomic E-state index is -0.630. The molecule has 0 aliphatic rings. The molecule has 2 aromatic rings. The van der Waals surface area contributed by atoms with Crippen molar-refractivity contribution in [3.8, 4) is 6.07 Å². The van der Waals surface area contributed by atoms with Crippen LogP contribution in [0.5, 0.6) is 0 Å². The first kappa shape index (κ1) is 15.2. The van der Waals surface area contributed by atoms with Gasteiger partial charge in [-0.25, -0.2) is 0 Å². The fraction of sp³-hybridized carbons (Fsp3) is 0.125. The molecule has 0 heterocycles. The summed E-state index contributed by atoms with van der Waals surface area (Å²) in [6.45, 7) is 0. The van der Waals surface area contributed by atoms with Gasteiger partial charge in [0.05, 0.1) is 23.4 Å². The lowest BCUT2D eigenvalue weighted by Crippen LogP contribution is -2.37. The molecule has 3 N–H and O–H groups in total. The molecule has 2 aromatic carbocycles. The van der Waals surface area contributed by atoms with Crippen LogP contribution >= 0.6 is 15.9 Å². The molecule has 0 bridgehead atoms. The van der Waals surface area contributed by atoms with Gasteiger partial charge in [0.25, 0.3) is 0 Å². The third-order valence-corrected chi connectivity index (χ3v) is 3.65. The van der Waals surface area contributed by atoms with Gasteiger partial charge in [0.1, 0.15) is 0 Å². The van der Waals surface area contributed by atoms with Crippen molar-refractivity contribution in [2.45, 2.75) is 12.5 Å². The van der Waals surface area contributed by atoms with Gasteiger partial charge in [0, 0.05) is 4.47 Å². The number of halogens is 1. The van der Waals surface area contributed by atoms with Gasteiger partial charge in [0.2, 0.25) is 5.91 Å². The Labute approximate surface area is 131 Å². The van der Waals surface area contributed by atoms with Gasteiger partial charge in [0.15, 0.2) is 0 Å². The van der Waals surface area contributed by atoms with Crippen molar-refractivity contribution in [2.75, 3.05) is 5.32 Å². The van der Waals surface area contributed by atoms with Crippen LogP contribution in [0.25, 0.3) is 0 Å². The van der Waals surface area contributed by atoms with Crippen molar-refractivity contribution in [1.29, 1.82) is 5.26 Å². The van der Waals surface area contributed by atoms with Crippen molar-refractivity contribution < 1.29 is 4.79 Å². The summed E-state index contributed by atoms with van der Waals surface area (Å²) in [6.07, 6.45) is 0.473. The van der Waals surface area contributed by atoms with Gasteiger partial charge in [-0.1, -0.05) is 30.3 Å². The van der Waals surface area contributed by atoms with E-state index in [0.717, 1.165) is 5.56 Å². The Hall–Kier alpha value is -2.16. The van der Waals surface area contributed by atoms with Gasteiger partial charge < -0.3 is 11.1 Å². The van der Waals surface area contributed by atoms with Crippen molar-refractivity contribution >= 4 is 27.5 Å². The second-order valence-electron chi connectivity index (χ2n) is 4.59. The van der Waals surface area contributed by atoms with Crippen LogP contribution in [0.3, 0.4) is 0 Å². The number of rotatable bonds is 4. The molecule has 4 nitrogen and oxygen atoms in total. The zero-order valence-electron chi connectivity index (χ0n) is 11.2. The molecular weight excluding hydrogens is 330 g/mol. The number of nitrogens with one attached hydrogen (secondary N) is 1. The first-order valence-electron chi connectivity index (χ1n) is 6.40. The van der Waals surface area contributed by atoms with E-state index in [1.54, 1.807) is 18.2 Å². The highest BCUT2D eigenvalue weighted by atomic mass is 79.9. The Balaban J connectivity index is 2.03. The molecular formula is C16H14BrN3O. The smallest absolute Gasteiger partial charge is 0.241 e. The average molecular weight is 344 g/mol. The maximum Gasteiger partial charge on any atom is 0.241 e. The third kappa shape index (κ3) is 4.15. The monoisotopic (exact) mass is 343 g/mol. The van der Waals surface area contributed by atoms with E-state index >= 15 is 0 Å². The topological polar surface area (TPSA) is 78.9 Å². The van der Waals surface area contributed by atoms with Gasteiger partial charge >= 0.3 is 0 Å². The molecule has 1 atom stereocenters. The van der Waals surface area contributed by atoms with E-state index < -0.39 is 6.04 Å². The maximum atomic E-state index is 12.1. The summed E-state index contributed by atoms with van der Waals surface area (Å²) in [5.74, 6) is -0.260. The minimum absolute atomic E-state index is 0.260. The Morgan fingerprint density at radius 2 is 2.00 bits per heavy atom. The highest BCUT2D eigenvalue weighted by molar-refractivity contribution is 9.10. The van der Waals surface area contributed by atoms with Crippen LogP contribution in [0.15, 0.2) is 53.0 Å². The number of carbonyl (C=O) groups is 1. The molecule has 2 rings (SSSR count). The quantitative estimate of drug-likeness (QED) is 0.895. The van der Waals surface area contributed by atoms with Crippen LogP contribution in [0.4, 0.5) is 5.69 Å². The van der Waals surface area contributed by atoms with E-state index in [1.807, 2.05) is 36.4 Å². The van der Waals surface area contributed by atoms with E-state index in [4.69, 9.17) is 11.0 Å². The number of nitrogens with two attached hydrogens (primary N) is 1. The van der Waals surface area contributed by atoms with Crippen molar-refractivity contribution in [1.82, 2.24) is 0 Å². The van der Waals surface area contributed by atoms with Crippen LogP contribution < -0.4 is 11.1 Å². The molecule has 0 spiro atoms. The highest BCUT2D eigenvalue weighted by Gasteiger charge is 2.15. The Morgan fingerprint density at radius 1 is 1.29 bits per heavy atom. The zero-order chi connectivity index (χ0) is 15.2. The van der Waals surface area contributed by atoms with Crippen molar-refractivity contribution in [2.24, 2.45) is 5.73 Å². The summed E-state index contributed by atoms with van der Waals surface area (Å²) in [5, 5.41) is 11.6. The van der Waals surface area contributed by atoms with E-state index in [1.165, 1.54) is 0 Å². The summed E-state index contributed by atoms with van der Waals surface area (Å²) in [6, 6.07) is 16.0. The number of amides is 1. The van der Waals surface area contributed by atoms with Crippen LogP contribution in [0.1, 0.15) is 11.1 Å². The first-order valence-corrected chi connectivity index (χ1v) is 7.19. The number of carbonyl (C=O) groups excluding carboxylic acids is 1. The average Bonchev–Trinajstić information content (AvgIpc) is 2.50. The summed E-state index contributed by atoms with van der Waals surface area (Å²) in [5.41, 5.74) is 8.06. The molecule has 0 aliphatic carbocycles. The second kappa shape index (κ2) is 7.02. The number of hydrogen-bond donors (Lipinski definition) is 2. The number of anilines is 1. The normalized spacial score (nSPS) is 11.5. The minimum Gasteiger partial charge on any atom is -0.324 e. The summed E-state index contributed by atoms with van der Waals surface area (Å²) < 4.78 is 0.654. The van der Waals surface area contributed by atoms with E-state index in [9.17, 15) is 4.79 Å². The van der Waals surface area contributed by atoms with Crippen LogP contribution in [0.2, 0.25) is 0 Å². The lowest BCUT2D eigenvalue weighted by Gasteiger charge is -2.13. The maximum absolute atomic E-state index is 12.1. The standard InChI is InChI=1S/C16H14BrN3O/c17-13-8-12(10-18)6-7-15(13)20-16(21)14(19)9-11-4-2-1-3-5-11/h1-8,14H,9,19H2,(H,20,21). The van der Waals surface area contributed by atoms with Crippen LogP contribution in [-0.4, -0.2) is 11.9 Å². The fourth-order valence-corrected chi connectivity index (χ4v) is 2.35. The third-order valence-electron chi connectivity index (χ3n) is 2.99. The van der Waals surface area contributed by atoms with Crippen LogP contribution in [0, 0.1) is 11.3 Å². The van der Waals surface area contributed by atoms with E-state index in [2.05, 4.69) is 21.2 Å². The number of nitriles is 1. The Kier molecular flexibility index (Phi) is 5.09. The predicted molar refractivity (Wildman–Crippen MR) is 85.6 cm³/mol. The second-order valence-corrected chi connectivity index (χ2v) is 5.45. The van der Waals surface area contributed by atoms with E-state index in [-0.39, 0.29) is 5.91 Å². The number of benzene rings is 2. The summed E-state index contributed by atoms with van der Waals surface area (Å²) >= 11 is 3.33. The molecule has 0 fully saturated rings. The molecule has 0 aromatic heterocycles. The van der Waals surface area contributed by atoms with Gasteiger partial charge in [-0.05, 0) is 46.1 Å². The number of nitrogens with zero attached hydrogens (tertiary/aromatic N) is 1. The molecule has 0 aliphatic heterocycles. The van der Waals surface area contributed by atoms with Gasteiger partial charge in [-0.15, -0.1) is 0 Å². The summed E-state index contributed by atoms with van der Waals surface area (Å²) in [4.78, 5) is 12.1. The first-order chi connectivity index (χ1) is 10.1. The highest BCUT2D eigenvalue weighted by Crippen LogP contribution is 2.23. The molecule has 0 radical (unpaired) electrons. The lowest BCUT2D eigenvalue weighted by molar-refractivity contribution is -0.117. The molecule has 0 saturated heterocycles. The SMILES string of the molecule is N#Cc1ccc(NC(=O)C(N)Cc2ccccc2)c(Br)c1. The lowest BCUT2D eigenvalue weighted by atomic mass is 10.1. The Morgan fingerprint density at radius 3 is 2.62 bits per heavy atom. The molecule has 1 amide bonds. The van der Waals surface area contributed by atoms with Crippen molar-refractivity contribution in [3.63, 3.8) is 0 Å². The molecule has 1 unspecified atom stereocenters. The van der Waals surface area contributed by atoms with Gasteiger partial charge in [-0.2, -0.15) is 5.26 Å². The van der Waals surface area contributed by atoms with Gasteiger partial charge in [-0.3, -0.25) is 4.79 Å². The van der Waals surface area contributed by atoms with Crippen LogP contribution in [-0.2, 0) is 11.2 Å². The Bertz CT molecular complexity index is 680. The molecule has 5 heteroatoms. The zero-order valence-corrected chi connectivity index (χ0v) is 12.8.